The van der Waals surface area contributed by atoms with Gasteiger partial charge in [0.15, 0.2) is 0 Å². The van der Waals surface area contributed by atoms with Crippen LogP contribution < -0.4 is 11.1 Å². The first-order chi connectivity index (χ1) is 13.0. The van der Waals surface area contributed by atoms with Crippen LogP contribution in [0.1, 0.15) is 11.5 Å². The molecule has 4 aromatic rings. The zero-order valence-electron chi connectivity index (χ0n) is 14.1. The Morgan fingerprint density at radius 3 is 2.81 bits per heavy atom. The molecule has 4 rings (SSSR count). The summed E-state index contributed by atoms with van der Waals surface area (Å²) in [6.45, 7) is 0. The minimum absolute atomic E-state index is 0.332. The Kier molecular flexibility index (Phi) is 4.21. The van der Waals surface area contributed by atoms with E-state index in [1.165, 1.54) is 4.57 Å². The van der Waals surface area contributed by atoms with Gasteiger partial charge in [-0.1, -0.05) is 28.9 Å². The standard InChI is InChI=1S/C19H13ClN4O3/c1-24-15-7-6-12(10-14(15)21-18(25)19(24)26)17-22-16(27-23-17)8-5-11-3-2-4-13(20)9-11/h2-10H,1H3,(H,21,25). The van der Waals surface area contributed by atoms with Crippen molar-refractivity contribution in [2.24, 2.45) is 7.05 Å². The average molecular weight is 381 g/mol. The largest absolute Gasteiger partial charge is 0.334 e. The number of nitrogens with one attached hydrogen (secondary N) is 1. The Morgan fingerprint density at radius 1 is 1.15 bits per heavy atom. The molecule has 0 saturated carbocycles. The fourth-order valence-corrected chi connectivity index (χ4v) is 2.90. The number of H-pyrrole nitrogens is 1. The van der Waals surface area contributed by atoms with Crippen molar-refractivity contribution < 1.29 is 4.52 Å². The van der Waals surface area contributed by atoms with Crippen molar-refractivity contribution in [1.82, 2.24) is 19.7 Å². The zero-order chi connectivity index (χ0) is 19.0. The second-order valence-electron chi connectivity index (χ2n) is 5.89. The van der Waals surface area contributed by atoms with Crippen LogP contribution in [0.15, 0.2) is 56.6 Å². The van der Waals surface area contributed by atoms with E-state index in [1.807, 2.05) is 24.3 Å². The van der Waals surface area contributed by atoms with E-state index in [-0.39, 0.29) is 0 Å². The summed E-state index contributed by atoms with van der Waals surface area (Å²) in [5.74, 6) is 0.705. The average Bonchev–Trinajstić information content (AvgIpc) is 3.13. The molecule has 0 spiro atoms. The van der Waals surface area contributed by atoms with Crippen molar-refractivity contribution in [2.75, 3.05) is 0 Å². The highest BCUT2D eigenvalue weighted by Crippen LogP contribution is 2.21. The number of fused-ring (bicyclic) bond motifs is 1. The first kappa shape index (κ1) is 17.0. The van der Waals surface area contributed by atoms with Gasteiger partial charge in [-0.2, -0.15) is 4.98 Å². The molecule has 1 N–H and O–H groups in total. The van der Waals surface area contributed by atoms with Gasteiger partial charge in [0.2, 0.25) is 5.82 Å². The van der Waals surface area contributed by atoms with Crippen LogP contribution in [-0.4, -0.2) is 19.7 Å². The topological polar surface area (TPSA) is 93.8 Å². The Morgan fingerprint density at radius 2 is 2.00 bits per heavy atom. The molecule has 134 valence electrons. The van der Waals surface area contributed by atoms with Crippen LogP contribution in [0.25, 0.3) is 34.6 Å². The number of aromatic nitrogens is 4. The fourth-order valence-electron chi connectivity index (χ4n) is 2.70. The van der Waals surface area contributed by atoms with Gasteiger partial charge >= 0.3 is 11.1 Å². The first-order valence-corrected chi connectivity index (χ1v) is 8.40. The van der Waals surface area contributed by atoms with Crippen LogP contribution in [-0.2, 0) is 7.05 Å². The fraction of sp³-hybridized carbons (Fsp3) is 0.0526. The lowest BCUT2D eigenvalue weighted by atomic mass is 10.2. The molecule has 2 heterocycles. The predicted octanol–water partition coefficient (Wildman–Crippen LogP) is 3.10. The van der Waals surface area contributed by atoms with E-state index >= 15 is 0 Å². The lowest BCUT2D eigenvalue weighted by Crippen LogP contribution is -2.34. The Bertz CT molecular complexity index is 1300. The Hall–Kier alpha value is -3.45. The third-order valence-corrected chi connectivity index (χ3v) is 4.31. The Balaban J connectivity index is 1.68. The third-order valence-electron chi connectivity index (χ3n) is 4.07. The molecule has 2 aromatic heterocycles. The maximum Gasteiger partial charge on any atom is 0.316 e. The molecule has 0 bridgehead atoms. The predicted molar refractivity (Wildman–Crippen MR) is 103 cm³/mol. The van der Waals surface area contributed by atoms with E-state index in [0.29, 0.717) is 33.3 Å². The summed E-state index contributed by atoms with van der Waals surface area (Å²) in [7, 11) is 1.55. The lowest BCUT2D eigenvalue weighted by molar-refractivity contribution is 0.411. The summed E-state index contributed by atoms with van der Waals surface area (Å²) < 4.78 is 6.54. The molecule has 8 heteroatoms. The van der Waals surface area contributed by atoms with Crippen LogP contribution in [0.5, 0.6) is 0 Å². The third kappa shape index (κ3) is 3.32. The van der Waals surface area contributed by atoms with Crippen molar-refractivity contribution in [3.8, 4) is 11.4 Å². The van der Waals surface area contributed by atoms with Gasteiger partial charge in [-0.15, -0.1) is 0 Å². The number of aromatic amines is 1. The number of hydrogen-bond acceptors (Lipinski definition) is 5. The van der Waals surface area contributed by atoms with Gasteiger partial charge in [0, 0.05) is 23.7 Å². The quantitative estimate of drug-likeness (QED) is 0.551. The molecule has 0 amide bonds. The van der Waals surface area contributed by atoms with Gasteiger partial charge in [0.25, 0.3) is 5.89 Å². The van der Waals surface area contributed by atoms with Crippen LogP contribution in [0.3, 0.4) is 0 Å². The lowest BCUT2D eigenvalue weighted by Gasteiger charge is -2.04. The molecule has 0 aliphatic rings. The summed E-state index contributed by atoms with van der Waals surface area (Å²) in [5.41, 5.74) is 1.39. The summed E-state index contributed by atoms with van der Waals surface area (Å²) in [6.07, 6.45) is 3.51. The van der Waals surface area contributed by atoms with Crippen molar-refractivity contribution in [3.05, 3.63) is 79.6 Å². The van der Waals surface area contributed by atoms with E-state index in [0.717, 1.165) is 5.56 Å². The van der Waals surface area contributed by atoms with Gasteiger partial charge in [0.1, 0.15) is 0 Å². The summed E-state index contributed by atoms with van der Waals surface area (Å²) in [5, 5.41) is 4.60. The molecule has 0 radical (unpaired) electrons. The van der Waals surface area contributed by atoms with Gasteiger partial charge in [0.05, 0.1) is 11.0 Å². The summed E-state index contributed by atoms with van der Waals surface area (Å²) in [4.78, 5) is 30.3. The second kappa shape index (κ2) is 6.69. The highest BCUT2D eigenvalue weighted by molar-refractivity contribution is 6.30. The molecule has 0 unspecified atom stereocenters. The number of benzene rings is 2. The van der Waals surface area contributed by atoms with E-state index in [2.05, 4.69) is 15.1 Å². The van der Waals surface area contributed by atoms with Crippen LogP contribution in [0.2, 0.25) is 5.02 Å². The molecular formula is C19H13ClN4O3. The van der Waals surface area contributed by atoms with Gasteiger partial charge in [-0.3, -0.25) is 9.59 Å². The van der Waals surface area contributed by atoms with Gasteiger partial charge < -0.3 is 14.1 Å². The van der Waals surface area contributed by atoms with E-state index in [4.69, 9.17) is 16.1 Å². The minimum Gasteiger partial charge on any atom is -0.334 e. The van der Waals surface area contributed by atoms with Crippen molar-refractivity contribution in [1.29, 1.82) is 0 Å². The maximum absolute atomic E-state index is 11.7. The summed E-state index contributed by atoms with van der Waals surface area (Å²) in [6, 6.07) is 12.6. The van der Waals surface area contributed by atoms with E-state index in [9.17, 15) is 9.59 Å². The molecular weight excluding hydrogens is 368 g/mol. The van der Waals surface area contributed by atoms with Crippen molar-refractivity contribution >= 4 is 34.8 Å². The number of aryl methyl sites for hydroxylation is 1. The summed E-state index contributed by atoms with van der Waals surface area (Å²) >= 11 is 5.96. The Labute approximate surface area is 157 Å². The molecule has 0 saturated heterocycles. The number of nitrogens with zero attached hydrogens (tertiary/aromatic N) is 3. The van der Waals surface area contributed by atoms with Gasteiger partial charge in [-0.25, -0.2) is 0 Å². The molecule has 7 nitrogen and oxygen atoms in total. The smallest absolute Gasteiger partial charge is 0.316 e. The second-order valence-corrected chi connectivity index (χ2v) is 6.33. The van der Waals surface area contributed by atoms with Crippen molar-refractivity contribution in [3.63, 3.8) is 0 Å². The maximum atomic E-state index is 11.7. The molecule has 0 aliphatic carbocycles. The molecule has 27 heavy (non-hydrogen) atoms. The monoisotopic (exact) mass is 380 g/mol. The van der Waals surface area contributed by atoms with Gasteiger partial charge in [-0.05, 0) is 42.0 Å². The zero-order valence-corrected chi connectivity index (χ0v) is 14.9. The molecule has 0 atom stereocenters. The number of hydrogen-bond donors (Lipinski definition) is 1. The van der Waals surface area contributed by atoms with Crippen molar-refractivity contribution in [2.45, 2.75) is 0 Å². The molecule has 0 aliphatic heterocycles. The van der Waals surface area contributed by atoms with Crippen LogP contribution >= 0.6 is 11.6 Å². The molecule has 0 fully saturated rings. The highest BCUT2D eigenvalue weighted by atomic mass is 35.5. The van der Waals surface area contributed by atoms with Crippen LogP contribution in [0, 0.1) is 0 Å². The SMILES string of the molecule is Cn1c(=O)c(=O)[nH]c2cc(-c3noc(C=Cc4cccc(Cl)c4)n3)ccc21. The highest BCUT2D eigenvalue weighted by Gasteiger charge is 2.10. The number of halogens is 1. The van der Waals surface area contributed by atoms with Crippen LogP contribution in [0.4, 0.5) is 0 Å². The minimum atomic E-state index is -0.680. The van der Waals surface area contributed by atoms with E-state index in [1.54, 1.807) is 37.4 Å². The first-order valence-electron chi connectivity index (χ1n) is 8.02. The molecule has 2 aromatic carbocycles. The normalized spacial score (nSPS) is 11.5. The van der Waals surface area contributed by atoms with E-state index < -0.39 is 11.1 Å². The number of rotatable bonds is 3.